The molecule has 0 saturated carbocycles. The highest BCUT2D eigenvalue weighted by Gasteiger charge is 2.25. The highest BCUT2D eigenvalue weighted by atomic mass is 16.6. The molecule has 2 rings (SSSR count). The van der Waals surface area contributed by atoms with Crippen LogP contribution in [0.25, 0.3) is 0 Å². The number of nitro groups is 1. The third kappa shape index (κ3) is 4.26. The average Bonchev–Trinajstić information content (AvgIpc) is 2.54. The molecule has 1 aromatic carbocycles. The quantitative estimate of drug-likeness (QED) is 0.643. The van der Waals surface area contributed by atoms with Gasteiger partial charge in [0, 0.05) is 43.9 Å². The summed E-state index contributed by atoms with van der Waals surface area (Å²) < 4.78 is 0. The molecule has 124 valence electrons. The molecule has 2 amide bonds. The number of nitro benzene ring substituents is 1. The maximum atomic E-state index is 12.3. The Morgan fingerprint density at radius 3 is 2.52 bits per heavy atom. The summed E-state index contributed by atoms with van der Waals surface area (Å²) in [5.41, 5.74) is 0.00734. The van der Waals surface area contributed by atoms with Gasteiger partial charge in [-0.25, -0.2) is 0 Å². The van der Waals surface area contributed by atoms with Crippen molar-refractivity contribution in [2.24, 2.45) is 0 Å². The van der Waals surface area contributed by atoms with Crippen molar-refractivity contribution in [2.75, 3.05) is 33.2 Å². The zero-order valence-corrected chi connectivity index (χ0v) is 13.2. The number of piperazine rings is 1. The molecule has 1 fully saturated rings. The molecule has 0 aliphatic carbocycles. The van der Waals surface area contributed by atoms with Gasteiger partial charge in [-0.1, -0.05) is 6.07 Å². The van der Waals surface area contributed by atoms with Crippen molar-refractivity contribution in [2.45, 2.75) is 13.0 Å². The number of nitrogens with zero attached hydrogens (tertiary/aromatic N) is 3. The van der Waals surface area contributed by atoms with Crippen LogP contribution in [0, 0.1) is 10.1 Å². The normalized spacial score (nSPS) is 16.7. The van der Waals surface area contributed by atoms with Gasteiger partial charge in [-0.3, -0.25) is 19.7 Å². The first kappa shape index (κ1) is 16.9. The Labute approximate surface area is 134 Å². The number of likely N-dealkylation sites (N-methyl/N-ethyl adjacent to an activating group) is 1. The van der Waals surface area contributed by atoms with Crippen molar-refractivity contribution in [3.63, 3.8) is 0 Å². The zero-order valence-electron chi connectivity index (χ0n) is 13.2. The highest BCUT2D eigenvalue weighted by Crippen LogP contribution is 2.13. The fourth-order valence-electron chi connectivity index (χ4n) is 2.40. The highest BCUT2D eigenvalue weighted by molar-refractivity contribution is 5.97. The van der Waals surface area contributed by atoms with Crippen LogP contribution in [0.4, 0.5) is 5.69 Å². The van der Waals surface area contributed by atoms with E-state index in [2.05, 4.69) is 10.2 Å². The summed E-state index contributed by atoms with van der Waals surface area (Å²) in [4.78, 5) is 38.5. The van der Waals surface area contributed by atoms with Gasteiger partial charge in [0.1, 0.15) is 6.04 Å². The topological polar surface area (TPSA) is 95.8 Å². The molecule has 8 nitrogen and oxygen atoms in total. The van der Waals surface area contributed by atoms with Crippen LogP contribution in [0.2, 0.25) is 0 Å². The van der Waals surface area contributed by atoms with E-state index in [0.717, 1.165) is 13.1 Å². The van der Waals surface area contributed by atoms with Crippen LogP contribution < -0.4 is 5.32 Å². The average molecular weight is 320 g/mol. The smallest absolute Gasteiger partial charge is 0.270 e. The van der Waals surface area contributed by atoms with Gasteiger partial charge in [0.05, 0.1) is 4.92 Å². The molecule has 1 aliphatic heterocycles. The number of hydrogen-bond donors (Lipinski definition) is 1. The van der Waals surface area contributed by atoms with Crippen LogP contribution >= 0.6 is 0 Å². The largest absolute Gasteiger partial charge is 0.341 e. The van der Waals surface area contributed by atoms with Crippen molar-refractivity contribution in [1.29, 1.82) is 0 Å². The fourth-order valence-corrected chi connectivity index (χ4v) is 2.40. The number of non-ortho nitro benzene ring substituents is 1. The Bertz CT molecular complexity index is 611. The molecule has 23 heavy (non-hydrogen) atoms. The third-order valence-corrected chi connectivity index (χ3v) is 3.85. The Hall–Kier alpha value is -2.48. The van der Waals surface area contributed by atoms with E-state index in [1.165, 1.54) is 24.3 Å². The van der Waals surface area contributed by atoms with Gasteiger partial charge in [0.2, 0.25) is 5.91 Å². The second-order valence-electron chi connectivity index (χ2n) is 5.63. The summed E-state index contributed by atoms with van der Waals surface area (Å²) in [5.74, 6) is -0.638. The summed E-state index contributed by atoms with van der Waals surface area (Å²) in [6, 6.07) is 4.76. The molecule has 0 radical (unpaired) electrons. The molecule has 8 heteroatoms. The molecule has 1 heterocycles. The van der Waals surface area contributed by atoms with Gasteiger partial charge in [-0.05, 0) is 20.0 Å². The maximum Gasteiger partial charge on any atom is 0.270 e. The molecule has 1 N–H and O–H groups in total. The first-order valence-corrected chi connectivity index (χ1v) is 7.41. The van der Waals surface area contributed by atoms with E-state index < -0.39 is 16.9 Å². The minimum Gasteiger partial charge on any atom is -0.341 e. The fraction of sp³-hybridized carbons (Fsp3) is 0.467. The van der Waals surface area contributed by atoms with Crippen molar-refractivity contribution >= 4 is 17.5 Å². The SMILES string of the molecule is C[C@H](NC(=O)c1cccc([N+](=O)[O-])c1)C(=O)N1CCN(C)CC1. The predicted molar refractivity (Wildman–Crippen MR) is 84.1 cm³/mol. The monoisotopic (exact) mass is 320 g/mol. The van der Waals surface area contributed by atoms with Gasteiger partial charge in [-0.15, -0.1) is 0 Å². The minimum absolute atomic E-state index is 0.142. The molecular formula is C15H20N4O4. The van der Waals surface area contributed by atoms with Gasteiger partial charge < -0.3 is 15.1 Å². The molecule has 1 saturated heterocycles. The molecule has 1 atom stereocenters. The summed E-state index contributed by atoms with van der Waals surface area (Å²) in [5, 5.41) is 13.4. The van der Waals surface area contributed by atoms with Crippen LogP contribution in [0.1, 0.15) is 17.3 Å². The van der Waals surface area contributed by atoms with Gasteiger partial charge in [0.25, 0.3) is 11.6 Å². The lowest BCUT2D eigenvalue weighted by Gasteiger charge is -2.34. The summed E-state index contributed by atoms with van der Waals surface area (Å²) in [7, 11) is 2.00. The van der Waals surface area contributed by atoms with Crippen molar-refractivity contribution in [3.05, 3.63) is 39.9 Å². The summed E-state index contributed by atoms with van der Waals surface area (Å²) >= 11 is 0. The van der Waals surface area contributed by atoms with Crippen LogP contribution in [-0.4, -0.2) is 65.8 Å². The van der Waals surface area contributed by atoms with E-state index in [1.807, 2.05) is 7.05 Å². The lowest BCUT2D eigenvalue weighted by Crippen LogP contribution is -2.53. The molecule has 0 aromatic heterocycles. The first-order valence-electron chi connectivity index (χ1n) is 7.41. The molecule has 0 spiro atoms. The van der Waals surface area contributed by atoms with E-state index in [4.69, 9.17) is 0 Å². The number of carbonyl (C=O) groups is 2. The van der Waals surface area contributed by atoms with Crippen LogP contribution in [0.15, 0.2) is 24.3 Å². The number of rotatable bonds is 4. The Balaban J connectivity index is 1.97. The Morgan fingerprint density at radius 1 is 1.26 bits per heavy atom. The number of carbonyl (C=O) groups excluding carboxylic acids is 2. The van der Waals surface area contributed by atoms with E-state index in [0.29, 0.717) is 13.1 Å². The summed E-state index contributed by atoms with van der Waals surface area (Å²) in [6.07, 6.45) is 0. The Morgan fingerprint density at radius 2 is 1.91 bits per heavy atom. The van der Waals surface area contributed by atoms with E-state index in [-0.39, 0.29) is 17.2 Å². The Kier molecular flexibility index (Phi) is 5.28. The van der Waals surface area contributed by atoms with Gasteiger partial charge >= 0.3 is 0 Å². The second-order valence-corrected chi connectivity index (χ2v) is 5.63. The molecule has 1 aromatic rings. The van der Waals surface area contributed by atoms with E-state index >= 15 is 0 Å². The lowest BCUT2D eigenvalue weighted by molar-refractivity contribution is -0.384. The van der Waals surface area contributed by atoms with Crippen LogP contribution in [-0.2, 0) is 4.79 Å². The van der Waals surface area contributed by atoms with Crippen molar-refractivity contribution in [3.8, 4) is 0 Å². The number of amides is 2. The predicted octanol–water partition coefficient (Wildman–Crippen LogP) is 0.487. The van der Waals surface area contributed by atoms with E-state index in [9.17, 15) is 19.7 Å². The lowest BCUT2D eigenvalue weighted by atomic mass is 10.1. The van der Waals surface area contributed by atoms with Gasteiger partial charge in [0.15, 0.2) is 0 Å². The van der Waals surface area contributed by atoms with Crippen LogP contribution in [0.3, 0.4) is 0 Å². The van der Waals surface area contributed by atoms with Crippen LogP contribution in [0.5, 0.6) is 0 Å². The van der Waals surface area contributed by atoms with Gasteiger partial charge in [-0.2, -0.15) is 0 Å². The van der Waals surface area contributed by atoms with Crippen molar-refractivity contribution in [1.82, 2.24) is 15.1 Å². The standard InChI is InChI=1S/C15H20N4O4/c1-11(15(21)18-8-6-17(2)7-9-18)16-14(20)12-4-3-5-13(10-12)19(22)23/h3-5,10-11H,6-9H2,1-2H3,(H,16,20)/t11-/m0/s1. The molecular weight excluding hydrogens is 300 g/mol. The number of nitrogens with one attached hydrogen (secondary N) is 1. The molecule has 0 bridgehead atoms. The van der Waals surface area contributed by atoms with Crippen molar-refractivity contribution < 1.29 is 14.5 Å². The first-order chi connectivity index (χ1) is 10.9. The molecule has 1 aliphatic rings. The van der Waals surface area contributed by atoms with E-state index in [1.54, 1.807) is 11.8 Å². The second kappa shape index (κ2) is 7.19. The number of benzene rings is 1. The summed E-state index contributed by atoms with van der Waals surface area (Å²) in [6.45, 7) is 4.49. The zero-order chi connectivity index (χ0) is 17.0. The minimum atomic E-state index is -0.676. The maximum absolute atomic E-state index is 12.3. The molecule has 0 unspecified atom stereocenters. The third-order valence-electron chi connectivity index (χ3n) is 3.85. The number of hydrogen-bond acceptors (Lipinski definition) is 5.